The van der Waals surface area contributed by atoms with Crippen LogP contribution in [0.3, 0.4) is 0 Å². The van der Waals surface area contributed by atoms with Crippen LogP contribution in [0, 0.1) is 19.8 Å². The zero-order valence-corrected chi connectivity index (χ0v) is 13.8. The van der Waals surface area contributed by atoms with E-state index in [4.69, 9.17) is 4.74 Å². The lowest BCUT2D eigenvalue weighted by Crippen LogP contribution is -2.07. The van der Waals surface area contributed by atoms with E-state index < -0.39 is 0 Å². The Labute approximate surface area is 129 Å². The van der Waals surface area contributed by atoms with E-state index in [1.165, 1.54) is 28.7 Å². The monoisotopic (exact) mass is 305 g/mol. The number of nitrogens with one attached hydrogen (secondary N) is 1. The number of ether oxygens (including phenoxy) is 1. The molecule has 2 heterocycles. The molecular weight excluding hydrogens is 282 g/mol. The largest absolute Gasteiger partial charge is 0.373 e. The van der Waals surface area contributed by atoms with Crippen LogP contribution < -0.4 is 5.32 Å². The third kappa shape index (κ3) is 3.35. The van der Waals surface area contributed by atoms with Crippen molar-refractivity contribution in [2.75, 3.05) is 18.5 Å². The van der Waals surface area contributed by atoms with Crippen molar-refractivity contribution in [2.45, 2.75) is 46.6 Å². The fourth-order valence-corrected chi connectivity index (χ4v) is 3.38. The van der Waals surface area contributed by atoms with Crippen molar-refractivity contribution in [1.29, 1.82) is 0 Å². The van der Waals surface area contributed by atoms with Crippen molar-refractivity contribution >= 4 is 27.4 Å². The number of nitrogens with zero attached hydrogens (tertiary/aromatic N) is 2. The molecule has 0 saturated heterocycles. The van der Waals surface area contributed by atoms with Gasteiger partial charge in [0, 0.05) is 18.0 Å². The molecule has 0 atom stereocenters. The van der Waals surface area contributed by atoms with Gasteiger partial charge in [-0.3, -0.25) is 0 Å². The molecule has 1 fully saturated rings. The zero-order chi connectivity index (χ0) is 14.8. The van der Waals surface area contributed by atoms with Crippen LogP contribution in [0.1, 0.15) is 42.5 Å². The lowest BCUT2D eigenvalue weighted by Gasteiger charge is -2.09. The van der Waals surface area contributed by atoms with Gasteiger partial charge in [-0.15, -0.1) is 11.3 Å². The molecule has 0 bridgehead atoms. The first-order chi connectivity index (χ1) is 10.2. The average Bonchev–Trinajstić information content (AvgIpc) is 3.23. The van der Waals surface area contributed by atoms with Gasteiger partial charge in [-0.2, -0.15) is 0 Å². The summed E-state index contributed by atoms with van der Waals surface area (Å²) >= 11 is 1.75. The molecule has 4 nitrogen and oxygen atoms in total. The summed E-state index contributed by atoms with van der Waals surface area (Å²) in [6.45, 7) is 8.76. The van der Waals surface area contributed by atoms with E-state index in [-0.39, 0.29) is 0 Å². The highest BCUT2D eigenvalue weighted by atomic mass is 32.1. The standard InChI is InChI=1S/C16H23N3OS/c1-4-7-17-15-14-10(2)11(3)21-16(14)19-13(18-15)9-20-8-12-5-6-12/h12H,4-9H2,1-3H3,(H,17,18,19). The van der Waals surface area contributed by atoms with Crippen LogP contribution in [0.4, 0.5) is 5.82 Å². The maximum Gasteiger partial charge on any atom is 0.158 e. The Kier molecular flexibility index (Phi) is 4.40. The van der Waals surface area contributed by atoms with E-state index in [1.807, 2.05) is 0 Å². The first-order valence-electron chi connectivity index (χ1n) is 7.77. The van der Waals surface area contributed by atoms with Crippen molar-refractivity contribution < 1.29 is 4.74 Å². The molecule has 1 aliphatic carbocycles. The Morgan fingerprint density at radius 3 is 2.81 bits per heavy atom. The number of fused-ring (bicyclic) bond motifs is 1. The van der Waals surface area contributed by atoms with Gasteiger partial charge in [-0.25, -0.2) is 9.97 Å². The van der Waals surface area contributed by atoms with Gasteiger partial charge in [0.2, 0.25) is 0 Å². The third-order valence-corrected chi connectivity index (χ3v) is 5.00. The molecule has 1 saturated carbocycles. The van der Waals surface area contributed by atoms with Crippen LogP contribution in [0.5, 0.6) is 0 Å². The van der Waals surface area contributed by atoms with Crippen molar-refractivity contribution in [2.24, 2.45) is 5.92 Å². The van der Waals surface area contributed by atoms with E-state index in [9.17, 15) is 0 Å². The molecule has 0 amide bonds. The quantitative estimate of drug-likeness (QED) is 0.838. The molecule has 0 aromatic carbocycles. The van der Waals surface area contributed by atoms with Gasteiger partial charge in [0.25, 0.3) is 0 Å². The molecule has 0 spiro atoms. The van der Waals surface area contributed by atoms with Crippen LogP contribution in [-0.4, -0.2) is 23.1 Å². The topological polar surface area (TPSA) is 47.0 Å². The Bertz CT molecular complexity index is 634. The van der Waals surface area contributed by atoms with Crippen LogP contribution >= 0.6 is 11.3 Å². The Morgan fingerprint density at radius 1 is 1.29 bits per heavy atom. The summed E-state index contributed by atoms with van der Waals surface area (Å²) < 4.78 is 5.74. The lowest BCUT2D eigenvalue weighted by atomic mass is 10.2. The van der Waals surface area contributed by atoms with E-state index in [1.54, 1.807) is 11.3 Å². The van der Waals surface area contributed by atoms with Crippen LogP contribution in [0.25, 0.3) is 10.2 Å². The van der Waals surface area contributed by atoms with Gasteiger partial charge < -0.3 is 10.1 Å². The van der Waals surface area contributed by atoms with Gasteiger partial charge in [0.05, 0.1) is 5.39 Å². The second-order valence-corrected chi connectivity index (χ2v) is 7.04. The number of aryl methyl sites for hydroxylation is 2. The second-order valence-electron chi connectivity index (χ2n) is 5.84. The summed E-state index contributed by atoms with van der Waals surface area (Å²) in [4.78, 5) is 11.8. The second kappa shape index (κ2) is 6.28. The molecule has 2 aromatic heterocycles. The van der Waals surface area contributed by atoms with E-state index >= 15 is 0 Å². The number of aromatic nitrogens is 2. The fourth-order valence-electron chi connectivity index (χ4n) is 2.33. The maximum absolute atomic E-state index is 5.74. The van der Waals surface area contributed by atoms with Crippen LogP contribution in [0.2, 0.25) is 0 Å². The molecule has 21 heavy (non-hydrogen) atoms. The molecule has 2 aromatic rings. The first-order valence-corrected chi connectivity index (χ1v) is 8.59. The van der Waals surface area contributed by atoms with E-state index in [0.29, 0.717) is 6.61 Å². The van der Waals surface area contributed by atoms with Crippen molar-refractivity contribution in [3.8, 4) is 0 Å². The Morgan fingerprint density at radius 2 is 2.10 bits per heavy atom. The highest BCUT2D eigenvalue weighted by Crippen LogP contribution is 2.33. The highest BCUT2D eigenvalue weighted by Gasteiger charge is 2.21. The molecular formula is C16H23N3OS. The van der Waals surface area contributed by atoms with E-state index in [0.717, 1.165) is 42.0 Å². The zero-order valence-electron chi connectivity index (χ0n) is 13.0. The van der Waals surface area contributed by atoms with Crippen LogP contribution in [0.15, 0.2) is 0 Å². The third-order valence-electron chi connectivity index (χ3n) is 3.90. The van der Waals surface area contributed by atoms with Crippen molar-refractivity contribution in [3.63, 3.8) is 0 Å². The van der Waals surface area contributed by atoms with Gasteiger partial charge >= 0.3 is 0 Å². The Hall–Kier alpha value is -1.20. The van der Waals surface area contributed by atoms with Crippen molar-refractivity contribution in [1.82, 2.24) is 9.97 Å². The molecule has 1 N–H and O–H groups in total. The minimum Gasteiger partial charge on any atom is -0.373 e. The molecule has 5 heteroatoms. The average molecular weight is 305 g/mol. The number of hydrogen-bond donors (Lipinski definition) is 1. The molecule has 3 rings (SSSR count). The highest BCUT2D eigenvalue weighted by molar-refractivity contribution is 7.18. The Balaban J connectivity index is 1.85. The number of thiophene rings is 1. The number of anilines is 1. The van der Waals surface area contributed by atoms with Crippen molar-refractivity contribution in [3.05, 3.63) is 16.3 Å². The van der Waals surface area contributed by atoms with Gasteiger partial charge in [0.15, 0.2) is 5.82 Å². The predicted octanol–water partition coefficient (Wildman–Crippen LogP) is 4.06. The summed E-state index contributed by atoms with van der Waals surface area (Å²) in [6, 6.07) is 0. The summed E-state index contributed by atoms with van der Waals surface area (Å²) in [7, 11) is 0. The molecule has 1 aliphatic rings. The van der Waals surface area contributed by atoms with Gasteiger partial charge in [-0.1, -0.05) is 6.92 Å². The maximum atomic E-state index is 5.74. The number of hydrogen-bond acceptors (Lipinski definition) is 5. The van der Waals surface area contributed by atoms with Crippen LogP contribution in [-0.2, 0) is 11.3 Å². The summed E-state index contributed by atoms with van der Waals surface area (Å²) in [6.07, 6.45) is 3.71. The minimum absolute atomic E-state index is 0.517. The predicted molar refractivity (Wildman–Crippen MR) is 88.0 cm³/mol. The summed E-state index contributed by atoms with van der Waals surface area (Å²) in [5, 5.41) is 4.62. The van der Waals surface area contributed by atoms with Gasteiger partial charge in [-0.05, 0) is 44.6 Å². The molecule has 0 unspecified atom stereocenters. The minimum atomic E-state index is 0.517. The summed E-state index contributed by atoms with van der Waals surface area (Å²) in [5.41, 5.74) is 1.29. The SMILES string of the molecule is CCCNc1nc(COCC2CC2)nc2sc(C)c(C)c12. The lowest BCUT2D eigenvalue weighted by molar-refractivity contribution is 0.106. The number of rotatable bonds is 7. The smallest absolute Gasteiger partial charge is 0.158 e. The molecule has 0 aliphatic heterocycles. The summed E-state index contributed by atoms with van der Waals surface area (Å²) in [5.74, 6) is 2.54. The van der Waals surface area contributed by atoms with Gasteiger partial charge in [0.1, 0.15) is 17.3 Å². The molecule has 0 radical (unpaired) electrons. The fraction of sp³-hybridized carbons (Fsp3) is 0.625. The first kappa shape index (κ1) is 14.7. The normalized spacial score (nSPS) is 14.8. The van der Waals surface area contributed by atoms with E-state index in [2.05, 4.69) is 36.1 Å². The molecule has 114 valence electrons.